The number of nitrogens with one attached hydrogen (secondary N) is 1. The van der Waals surface area contributed by atoms with Gasteiger partial charge < -0.3 is 10.2 Å². The highest BCUT2D eigenvalue weighted by molar-refractivity contribution is 5.88. The first-order chi connectivity index (χ1) is 9.19. The van der Waals surface area contributed by atoms with E-state index in [1.165, 1.54) is 25.7 Å². The molecule has 1 aromatic heterocycles. The second kappa shape index (κ2) is 6.50. The van der Waals surface area contributed by atoms with Crippen LogP contribution in [-0.2, 0) is 6.42 Å². The van der Waals surface area contributed by atoms with E-state index in [1.807, 2.05) is 14.0 Å². The third-order valence-corrected chi connectivity index (χ3v) is 3.63. The van der Waals surface area contributed by atoms with Crippen molar-refractivity contribution in [2.75, 3.05) is 18.9 Å². The van der Waals surface area contributed by atoms with E-state index in [0.29, 0.717) is 11.6 Å². The number of urea groups is 1. The molecule has 1 aromatic rings. The predicted octanol–water partition coefficient (Wildman–Crippen LogP) is 2.69. The van der Waals surface area contributed by atoms with Gasteiger partial charge in [0, 0.05) is 20.0 Å². The Labute approximate surface area is 114 Å². The van der Waals surface area contributed by atoms with E-state index in [4.69, 9.17) is 0 Å². The summed E-state index contributed by atoms with van der Waals surface area (Å²) in [6, 6.07) is -0.0836. The van der Waals surface area contributed by atoms with Crippen molar-refractivity contribution in [3.63, 3.8) is 0 Å². The van der Waals surface area contributed by atoms with Crippen molar-refractivity contribution in [3.8, 4) is 0 Å². The smallest absolute Gasteiger partial charge is 0.321 e. The maximum absolute atomic E-state index is 12.0. The molecule has 19 heavy (non-hydrogen) atoms. The van der Waals surface area contributed by atoms with Gasteiger partial charge in [0.15, 0.2) is 0 Å². The summed E-state index contributed by atoms with van der Waals surface area (Å²) in [6.07, 6.45) is 9.20. The molecule has 0 spiro atoms. The molecule has 0 aromatic carbocycles. The minimum Gasteiger partial charge on any atom is -0.327 e. The van der Waals surface area contributed by atoms with Gasteiger partial charge in [-0.2, -0.15) is 0 Å². The topological polar surface area (TPSA) is 58.1 Å². The third kappa shape index (κ3) is 3.91. The largest absolute Gasteiger partial charge is 0.327 e. The highest BCUT2D eigenvalue weighted by Crippen LogP contribution is 2.25. The zero-order valence-electron chi connectivity index (χ0n) is 11.7. The molecule has 2 rings (SSSR count). The maximum Gasteiger partial charge on any atom is 0.321 e. The molecule has 1 aliphatic rings. The predicted molar refractivity (Wildman–Crippen MR) is 75.0 cm³/mol. The molecule has 1 N–H and O–H groups in total. The van der Waals surface area contributed by atoms with Crippen LogP contribution in [0.5, 0.6) is 0 Å². The monoisotopic (exact) mass is 262 g/mol. The number of hydrogen-bond donors (Lipinski definition) is 1. The zero-order valence-corrected chi connectivity index (χ0v) is 11.7. The quantitative estimate of drug-likeness (QED) is 0.907. The fourth-order valence-electron chi connectivity index (χ4n) is 2.48. The number of hydrogen-bond acceptors (Lipinski definition) is 3. The van der Waals surface area contributed by atoms with Gasteiger partial charge in [0.25, 0.3) is 0 Å². The molecule has 0 atom stereocenters. The molecule has 1 fully saturated rings. The van der Waals surface area contributed by atoms with E-state index in [1.54, 1.807) is 17.3 Å². The van der Waals surface area contributed by atoms with E-state index in [2.05, 4.69) is 15.3 Å². The van der Waals surface area contributed by atoms with Crippen LogP contribution >= 0.6 is 0 Å². The molecule has 1 saturated carbocycles. The number of carbonyl (C=O) groups excluding carboxylic acids is 1. The highest BCUT2D eigenvalue weighted by atomic mass is 16.2. The van der Waals surface area contributed by atoms with Crippen LogP contribution in [0.1, 0.15) is 38.4 Å². The van der Waals surface area contributed by atoms with Gasteiger partial charge in [-0.05, 0) is 18.8 Å². The van der Waals surface area contributed by atoms with E-state index >= 15 is 0 Å². The summed E-state index contributed by atoms with van der Waals surface area (Å²) in [4.78, 5) is 22.1. The summed E-state index contributed by atoms with van der Waals surface area (Å²) in [5, 5.41) is 2.83. The number of aromatic nitrogens is 2. The molecule has 2 amide bonds. The Hall–Kier alpha value is -1.65. The number of rotatable bonds is 4. The van der Waals surface area contributed by atoms with Crippen LogP contribution in [-0.4, -0.2) is 34.5 Å². The lowest BCUT2D eigenvalue weighted by Crippen LogP contribution is -2.34. The second-order valence-corrected chi connectivity index (χ2v) is 5.20. The fraction of sp³-hybridized carbons (Fsp3) is 0.643. The molecule has 0 bridgehead atoms. The van der Waals surface area contributed by atoms with Crippen LogP contribution in [0.25, 0.3) is 0 Å². The van der Waals surface area contributed by atoms with Gasteiger partial charge in [-0.15, -0.1) is 0 Å². The third-order valence-electron chi connectivity index (χ3n) is 3.63. The average Bonchev–Trinajstić information content (AvgIpc) is 2.92. The number of nitrogens with zero attached hydrogens (tertiary/aromatic N) is 3. The Morgan fingerprint density at radius 3 is 2.58 bits per heavy atom. The Morgan fingerprint density at radius 2 is 2.00 bits per heavy atom. The van der Waals surface area contributed by atoms with Crippen LogP contribution in [0.3, 0.4) is 0 Å². The van der Waals surface area contributed by atoms with E-state index in [9.17, 15) is 4.79 Å². The Bertz CT molecular complexity index is 412. The molecule has 5 nitrogen and oxygen atoms in total. The van der Waals surface area contributed by atoms with Crippen molar-refractivity contribution in [3.05, 3.63) is 18.2 Å². The van der Waals surface area contributed by atoms with Crippen LogP contribution in [0.4, 0.5) is 10.5 Å². The standard InChI is InChI=1S/C14H22N4O/c1-3-13-15-8-12(9-16-13)17-14(19)18(2)10-11-6-4-5-7-11/h8-9,11H,3-7,10H2,1-2H3,(H,17,19). The summed E-state index contributed by atoms with van der Waals surface area (Å²) < 4.78 is 0. The van der Waals surface area contributed by atoms with Crippen molar-refractivity contribution >= 4 is 11.7 Å². The van der Waals surface area contributed by atoms with Crippen molar-refractivity contribution in [2.45, 2.75) is 39.0 Å². The Kier molecular flexibility index (Phi) is 4.71. The number of carbonyl (C=O) groups is 1. The van der Waals surface area contributed by atoms with Gasteiger partial charge in [-0.25, -0.2) is 14.8 Å². The highest BCUT2D eigenvalue weighted by Gasteiger charge is 2.19. The molecule has 0 unspecified atom stereocenters. The maximum atomic E-state index is 12.0. The lowest BCUT2D eigenvalue weighted by Gasteiger charge is -2.21. The number of anilines is 1. The minimum atomic E-state index is -0.0836. The molecule has 0 radical (unpaired) electrons. The van der Waals surface area contributed by atoms with E-state index in [0.717, 1.165) is 18.8 Å². The summed E-state index contributed by atoms with van der Waals surface area (Å²) in [5.74, 6) is 1.45. The first kappa shape index (κ1) is 13.8. The van der Waals surface area contributed by atoms with Crippen LogP contribution in [0, 0.1) is 5.92 Å². The van der Waals surface area contributed by atoms with Crippen molar-refractivity contribution in [2.24, 2.45) is 5.92 Å². The van der Waals surface area contributed by atoms with Crippen molar-refractivity contribution < 1.29 is 4.79 Å². The molecule has 104 valence electrons. The minimum absolute atomic E-state index is 0.0836. The van der Waals surface area contributed by atoms with Gasteiger partial charge in [-0.1, -0.05) is 19.8 Å². The summed E-state index contributed by atoms with van der Waals surface area (Å²) in [7, 11) is 1.84. The first-order valence-corrected chi connectivity index (χ1v) is 7.02. The number of amides is 2. The van der Waals surface area contributed by atoms with Crippen molar-refractivity contribution in [1.82, 2.24) is 14.9 Å². The molecule has 0 saturated heterocycles. The molecule has 0 aliphatic heterocycles. The molecule has 5 heteroatoms. The molecule has 1 heterocycles. The zero-order chi connectivity index (χ0) is 13.7. The Morgan fingerprint density at radius 1 is 1.37 bits per heavy atom. The number of aryl methyl sites for hydroxylation is 1. The van der Waals surface area contributed by atoms with Gasteiger partial charge in [0.05, 0.1) is 18.1 Å². The lowest BCUT2D eigenvalue weighted by molar-refractivity contribution is 0.214. The SMILES string of the molecule is CCc1ncc(NC(=O)N(C)CC2CCCC2)cn1. The summed E-state index contributed by atoms with van der Waals surface area (Å²) in [5.41, 5.74) is 0.653. The van der Waals surface area contributed by atoms with Gasteiger partial charge in [-0.3, -0.25) is 0 Å². The van der Waals surface area contributed by atoms with Gasteiger partial charge >= 0.3 is 6.03 Å². The van der Waals surface area contributed by atoms with Crippen LogP contribution < -0.4 is 5.32 Å². The normalized spacial score (nSPS) is 15.5. The lowest BCUT2D eigenvalue weighted by atomic mass is 10.1. The van der Waals surface area contributed by atoms with Crippen LogP contribution in [0.15, 0.2) is 12.4 Å². The van der Waals surface area contributed by atoms with Gasteiger partial charge in [0.2, 0.25) is 0 Å². The summed E-state index contributed by atoms with van der Waals surface area (Å²) in [6.45, 7) is 2.84. The van der Waals surface area contributed by atoms with Crippen LogP contribution in [0.2, 0.25) is 0 Å². The van der Waals surface area contributed by atoms with Gasteiger partial charge in [0.1, 0.15) is 5.82 Å². The molecular formula is C14H22N4O. The molecule has 1 aliphatic carbocycles. The fourth-order valence-corrected chi connectivity index (χ4v) is 2.48. The summed E-state index contributed by atoms with van der Waals surface area (Å²) >= 11 is 0. The van der Waals surface area contributed by atoms with Crippen molar-refractivity contribution in [1.29, 1.82) is 0 Å². The second-order valence-electron chi connectivity index (χ2n) is 5.20. The van der Waals surface area contributed by atoms with E-state index < -0.39 is 0 Å². The Balaban J connectivity index is 1.84. The molecular weight excluding hydrogens is 240 g/mol. The van der Waals surface area contributed by atoms with E-state index in [-0.39, 0.29) is 6.03 Å². The first-order valence-electron chi connectivity index (χ1n) is 7.02. The average molecular weight is 262 g/mol.